The molecule has 31 heavy (non-hydrogen) atoms. The zero-order chi connectivity index (χ0) is 22.2. The quantitative estimate of drug-likeness (QED) is 0.309. The van der Waals surface area contributed by atoms with Gasteiger partial charge in [0, 0.05) is 6.61 Å². The van der Waals surface area contributed by atoms with Crippen LogP contribution in [0.3, 0.4) is 0 Å². The Balaban J connectivity index is 0.00000156. The highest BCUT2D eigenvalue weighted by Crippen LogP contribution is 2.26. The van der Waals surface area contributed by atoms with Crippen LogP contribution in [0, 0.1) is 5.82 Å². The van der Waals surface area contributed by atoms with E-state index in [0.29, 0.717) is 24.5 Å². The van der Waals surface area contributed by atoms with Crippen molar-refractivity contribution in [1.82, 2.24) is 10.2 Å². The third-order valence-corrected chi connectivity index (χ3v) is 5.84. The minimum Gasteiger partial charge on any atom is -0.457 e. The number of amides is 1. The monoisotopic (exact) mass is 479 g/mol. The molecular formula is C18H23ClFN3O7S. The van der Waals surface area contributed by atoms with Crippen LogP contribution in [-0.2, 0) is 19.6 Å². The lowest BCUT2D eigenvalue weighted by atomic mass is 9.93. The highest BCUT2D eigenvalue weighted by Gasteiger charge is 2.44. The van der Waals surface area contributed by atoms with E-state index in [1.165, 1.54) is 54.0 Å². The van der Waals surface area contributed by atoms with Gasteiger partial charge < -0.3 is 14.7 Å². The molecular weight excluding hydrogens is 457 g/mol. The van der Waals surface area contributed by atoms with E-state index < -0.39 is 27.3 Å². The molecule has 0 saturated carbocycles. The first-order valence-electron chi connectivity index (χ1n) is 8.70. The number of carbonyl (C=O) groups excluding carboxylic acids is 1. The minimum absolute atomic E-state index is 0. The molecule has 0 unspecified atom stereocenters. The van der Waals surface area contributed by atoms with Crippen molar-refractivity contribution < 1.29 is 37.5 Å². The number of rotatable bonds is 6. The third kappa shape index (κ3) is 6.83. The molecule has 1 atom stereocenters. The maximum absolute atomic E-state index is 12.9. The first kappa shape index (κ1) is 26.7. The lowest BCUT2D eigenvalue weighted by molar-refractivity contribution is -0.140. The van der Waals surface area contributed by atoms with Crippen LogP contribution < -0.4 is 20.8 Å². The van der Waals surface area contributed by atoms with E-state index in [2.05, 4.69) is 10.6 Å². The lowest BCUT2D eigenvalue weighted by Gasteiger charge is -2.35. The summed E-state index contributed by atoms with van der Waals surface area (Å²) in [6, 6.07) is 10.9. The second-order valence-electron chi connectivity index (χ2n) is 6.31. The number of nitrogens with two attached hydrogens (primary N) is 1. The summed E-state index contributed by atoms with van der Waals surface area (Å²) in [7, 11) is -4.08. The standard InChI is InChI=1S/C18H19FN2O6S.ClH.H3NO/c19-13-2-4-14(5-3-13)27-15-6-8-16(9-7-15)28(24,25)21-18(17(22)20-23)10-1-11-26-12-18;;1-2/h2-9,21,23H,1,10-12H2,(H,20,22);1H;2H,1H2/t18-;;/m1../s1. The van der Waals surface area contributed by atoms with E-state index >= 15 is 0 Å². The minimum atomic E-state index is -4.08. The van der Waals surface area contributed by atoms with Gasteiger partial charge in [0.1, 0.15) is 22.9 Å². The Bertz CT molecular complexity index is 938. The fourth-order valence-electron chi connectivity index (χ4n) is 2.85. The Hall–Kier alpha value is -2.32. The summed E-state index contributed by atoms with van der Waals surface area (Å²) in [6.45, 7) is 0.210. The molecule has 10 nitrogen and oxygen atoms in total. The molecule has 0 spiro atoms. The number of hydrogen-bond acceptors (Lipinski definition) is 8. The molecule has 1 saturated heterocycles. The van der Waals surface area contributed by atoms with Gasteiger partial charge in [0.15, 0.2) is 0 Å². The number of benzene rings is 2. The summed E-state index contributed by atoms with van der Waals surface area (Å²) in [5.74, 6) is 2.97. The maximum atomic E-state index is 12.9. The van der Waals surface area contributed by atoms with Crippen LogP contribution in [0.4, 0.5) is 4.39 Å². The summed E-state index contributed by atoms with van der Waals surface area (Å²) in [5, 5.41) is 15.5. The fourth-order valence-corrected chi connectivity index (χ4v) is 4.23. The summed E-state index contributed by atoms with van der Waals surface area (Å²) in [5.41, 5.74) is -0.0908. The van der Waals surface area contributed by atoms with Gasteiger partial charge >= 0.3 is 0 Å². The molecule has 0 aromatic heterocycles. The van der Waals surface area contributed by atoms with Crippen molar-refractivity contribution in [2.45, 2.75) is 23.3 Å². The Morgan fingerprint density at radius 1 is 1.10 bits per heavy atom. The highest BCUT2D eigenvalue weighted by molar-refractivity contribution is 7.89. The first-order chi connectivity index (χ1) is 14.3. The number of nitrogens with one attached hydrogen (secondary N) is 2. The predicted octanol–water partition coefficient (Wildman–Crippen LogP) is 1.71. The van der Waals surface area contributed by atoms with Crippen LogP contribution in [0.5, 0.6) is 11.5 Å². The van der Waals surface area contributed by atoms with Crippen LogP contribution in [0.2, 0.25) is 0 Å². The third-order valence-electron chi connectivity index (χ3n) is 4.29. The molecule has 0 aliphatic carbocycles. The number of sulfonamides is 1. The maximum Gasteiger partial charge on any atom is 0.267 e. The van der Waals surface area contributed by atoms with Crippen LogP contribution in [0.15, 0.2) is 53.4 Å². The van der Waals surface area contributed by atoms with Gasteiger partial charge in [0.05, 0.1) is 11.5 Å². The topological polar surface area (TPSA) is 160 Å². The van der Waals surface area contributed by atoms with Crippen molar-refractivity contribution in [3.05, 3.63) is 54.3 Å². The van der Waals surface area contributed by atoms with Gasteiger partial charge in [0.2, 0.25) is 10.0 Å². The van der Waals surface area contributed by atoms with Crippen LogP contribution in [0.1, 0.15) is 12.8 Å². The zero-order valence-electron chi connectivity index (χ0n) is 16.2. The van der Waals surface area contributed by atoms with E-state index in [0.717, 1.165) is 0 Å². The van der Waals surface area contributed by atoms with E-state index in [1.54, 1.807) is 0 Å². The van der Waals surface area contributed by atoms with E-state index in [9.17, 15) is 17.6 Å². The zero-order valence-corrected chi connectivity index (χ0v) is 17.8. The van der Waals surface area contributed by atoms with E-state index in [4.69, 9.17) is 19.9 Å². The summed E-state index contributed by atoms with van der Waals surface area (Å²) < 4.78 is 51.5. The number of hydrogen-bond donors (Lipinski definition) is 5. The molecule has 1 aliphatic rings. The Kier molecular flexibility index (Phi) is 10.3. The van der Waals surface area contributed by atoms with Crippen molar-refractivity contribution in [3.8, 4) is 11.5 Å². The van der Waals surface area contributed by atoms with E-state index in [1.807, 2.05) is 0 Å². The molecule has 172 valence electrons. The Labute approximate surface area is 184 Å². The van der Waals surface area contributed by atoms with Crippen molar-refractivity contribution in [2.75, 3.05) is 13.2 Å². The second-order valence-corrected chi connectivity index (χ2v) is 7.99. The molecule has 13 heteroatoms. The van der Waals surface area contributed by atoms with Gasteiger partial charge in [-0.25, -0.2) is 24.2 Å². The van der Waals surface area contributed by atoms with Crippen LogP contribution in [0.25, 0.3) is 0 Å². The van der Waals surface area contributed by atoms with Crippen molar-refractivity contribution in [2.24, 2.45) is 5.90 Å². The van der Waals surface area contributed by atoms with Gasteiger partial charge in [0.25, 0.3) is 5.91 Å². The molecule has 2 aromatic carbocycles. The highest BCUT2D eigenvalue weighted by atomic mass is 35.5. The Morgan fingerprint density at radius 2 is 1.65 bits per heavy atom. The van der Waals surface area contributed by atoms with Crippen molar-refractivity contribution in [1.29, 1.82) is 0 Å². The van der Waals surface area contributed by atoms with Gasteiger partial charge in [-0.3, -0.25) is 10.0 Å². The predicted molar refractivity (Wildman–Crippen MR) is 109 cm³/mol. The molecule has 3 rings (SSSR count). The largest absolute Gasteiger partial charge is 0.457 e. The average Bonchev–Trinajstić information content (AvgIpc) is 2.77. The molecule has 2 aromatic rings. The van der Waals surface area contributed by atoms with E-state index in [-0.39, 0.29) is 30.3 Å². The van der Waals surface area contributed by atoms with Crippen molar-refractivity contribution in [3.63, 3.8) is 0 Å². The van der Waals surface area contributed by atoms with Gasteiger partial charge in [-0.1, -0.05) is 0 Å². The smallest absolute Gasteiger partial charge is 0.267 e. The molecule has 1 fully saturated rings. The van der Waals surface area contributed by atoms with Crippen LogP contribution >= 0.6 is 12.4 Å². The normalized spacial score (nSPS) is 18.1. The summed E-state index contributed by atoms with van der Waals surface area (Å²) >= 11 is 0. The number of carbonyl (C=O) groups is 1. The summed E-state index contributed by atoms with van der Waals surface area (Å²) in [6.07, 6.45) is 0.644. The first-order valence-corrected chi connectivity index (χ1v) is 10.2. The van der Waals surface area contributed by atoms with Gasteiger partial charge in [-0.2, -0.15) is 4.72 Å². The molecule has 1 aliphatic heterocycles. The van der Waals surface area contributed by atoms with Crippen molar-refractivity contribution >= 4 is 28.3 Å². The number of halogens is 2. The molecule has 0 bridgehead atoms. The molecule has 1 heterocycles. The van der Waals surface area contributed by atoms with Gasteiger partial charge in [-0.15, -0.1) is 12.4 Å². The SMILES string of the molecule is Cl.NO.O=C(NO)[C@@]1(NS(=O)(=O)c2ccc(Oc3ccc(F)cc3)cc2)CCCOC1. The van der Waals surface area contributed by atoms with Gasteiger partial charge in [-0.05, 0) is 61.4 Å². The summed E-state index contributed by atoms with van der Waals surface area (Å²) in [4.78, 5) is 12.0. The fraction of sp³-hybridized carbons (Fsp3) is 0.278. The average molecular weight is 480 g/mol. The number of ether oxygens (including phenoxy) is 2. The number of hydroxylamine groups is 1. The molecule has 6 N–H and O–H groups in total. The lowest BCUT2D eigenvalue weighted by Crippen LogP contribution is -2.62. The Morgan fingerprint density at radius 3 is 2.13 bits per heavy atom. The second kappa shape index (κ2) is 11.9. The van der Waals surface area contributed by atoms with Crippen LogP contribution in [-0.4, -0.2) is 43.5 Å². The molecule has 1 amide bonds. The molecule has 0 radical (unpaired) electrons.